The van der Waals surface area contributed by atoms with Gasteiger partial charge in [0.1, 0.15) is 30.2 Å². The van der Waals surface area contributed by atoms with Gasteiger partial charge in [-0.2, -0.15) is 0 Å². The summed E-state index contributed by atoms with van der Waals surface area (Å²) < 4.78 is 26.4. The van der Waals surface area contributed by atoms with Gasteiger partial charge in [-0.05, 0) is 17.7 Å². The van der Waals surface area contributed by atoms with E-state index in [0.29, 0.717) is 0 Å². The van der Waals surface area contributed by atoms with Gasteiger partial charge in [-0.25, -0.2) is 0 Å². The lowest BCUT2D eigenvalue weighted by molar-refractivity contribution is -0.304. The predicted octanol–water partition coefficient (Wildman–Crippen LogP) is 0.320. The van der Waals surface area contributed by atoms with Gasteiger partial charge in [-0.3, -0.25) is 0 Å². The molecule has 1 aliphatic rings. The van der Waals surface area contributed by atoms with Crippen LogP contribution >= 0.6 is 0 Å². The first-order valence-electron chi connectivity index (χ1n) is 7.38. The summed E-state index contributed by atoms with van der Waals surface area (Å²) in [5.41, 5.74) is 0.897. The van der Waals surface area contributed by atoms with E-state index in [2.05, 4.69) is 0 Å². The molecule has 1 aromatic rings. The molecule has 0 spiro atoms. The molecule has 2 N–H and O–H groups in total. The molecule has 7 heteroatoms. The molecule has 7 nitrogen and oxygen atoms in total. The summed E-state index contributed by atoms with van der Waals surface area (Å²) in [5, 5.41) is 20.6. The Morgan fingerprint density at radius 1 is 1.04 bits per heavy atom. The second-order valence-corrected chi connectivity index (χ2v) is 5.34. The van der Waals surface area contributed by atoms with Gasteiger partial charge in [0.25, 0.3) is 0 Å². The van der Waals surface area contributed by atoms with Gasteiger partial charge in [-0.1, -0.05) is 12.1 Å². The van der Waals surface area contributed by atoms with Crippen molar-refractivity contribution in [2.45, 2.75) is 37.3 Å². The third kappa shape index (κ3) is 4.41. The lowest BCUT2D eigenvalue weighted by Gasteiger charge is -2.41. The molecule has 0 amide bonds. The maximum absolute atomic E-state index is 10.3. The lowest BCUT2D eigenvalue weighted by Crippen LogP contribution is -2.60. The molecule has 0 bridgehead atoms. The van der Waals surface area contributed by atoms with Crippen molar-refractivity contribution in [2.75, 3.05) is 27.9 Å². The molecule has 0 unspecified atom stereocenters. The van der Waals surface area contributed by atoms with E-state index in [4.69, 9.17) is 23.7 Å². The van der Waals surface area contributed by atoms with Gasteiger partial charge in [-0.15, -0.1) is 0 Å². The van der Waals surface area contributed by atoms with Crippen molar-refractivity contribution < 1.29 is 33.9 Å². The SMILES string of the molecule is COC[C@H]1O[C@H](OC)[C@H](O)[C@@H](OCc2ccc(OC)cc2)[C@@H]1O. The second-order valence-electron chi connectivity index (χ2n) is 5.34. The van der Waals surface area contributed by atoms with Crippen LogP contribution in [0.25, 0.3) is 0 Å². The molecule has 0 aromatic heterocycles. The van der Waals surface area contributed by atoms with Crippen molar-refractivity contribution in [2.24, 2.45) is 0 Å². The minimum Gasteiger partial charge on any atom is -0.497 e. The van der Waals surface area contributed by atoms with Crippen LogP contribution in [0.4, 0.5) is 0 Å². The Kier molecular flexibility index (Phi) is 6.76. The fraction of sp³-hybridized carbons (Fsp3) is 0.625. The molecule has 0 radical (unpaired) electrons. The van der Waals surface area contributed by atoms with Crippen LogP contribution in [0.5, 0.6) is 5.75 Å². The van der Waals surface area contributed by atoms with Crippen LogP contribution in [0.2, 0.25) is 0 Å². The van der Waals surface area contributed by atoms with Crippen LogP contribution in [0.1, 0.15) is 5.56 Å². The Morgan fingerprint density at radius 2 is 1.74 bits per heavy atom. The van der Waals surface area contributed by atoms with E-state index in [0.717, 1.165) is 11.3 Å². The molecule has 5 atom stereocenters. The Balaban J connectivity index is 2.01. The summed E-state index contributed by atoms with van der Waals surface area (Å²) in [6, 6.07) is 7.36. The maximum atomic E-state index is 10.3. The zero-order chi connectivity index (χ0) is 16.8. The van der Waals surface area contributed by atoms with Crippen molar-refractivity contribution in [1.29, 1.82) is 0 Å². The van der Waals surface area contributed by atoms with E-state index in [9.17, 15) is 10.2 Å². The number of aliphatic hydroxyl groups excluding tert-OH is 2. The topological polar surface area (TPSA) is 86.6 Å². The number of aliphatic hydroxyl groups is 2. The third-order valence-electron chi connectivity index (χ3n) is 3.81. The van der Waals surface area contributed by atoms with Crippen molar-refractivity contribution in [1.82, 2.24) is 0 Å². The summed E-state index contributed by atoms with van der Waals surface area (Å²) >= 11 is 0. The van der Waals surface area contributed by atoms with Gasteiger partial charge in [0.15, 0.2) is 6.29 Å². The van der Waals surface area contributed by atoms with Crippen LogP contribution in [-0.2, 0) is 25.6 Å². The quantitative estimate of drug-likeness (QED) is 0.745. The van der Waals surface area contributed by atoms with Gasteiger partial charge >= 0.3 is 0 Å². The molecular weight excluding hydrogens is 304 g/mol. The largest absolute Gasteiger partial charge is 0.497 e. The smallest absolute Gasteiger partial charge is 0.186 e. The van der Waals surface area contributed by atoms with E-state index in [1.54, 1.807) is 7.11 Å². The first-order chi connectivity index (χ1) is 11.1. The van der Waals surface area contributed by atoms with Crippen molar-refractivity contribution >= 4 is 0 Å². The highest BCUT2D eigenvalue weighted by Gasteiger charge is 2.45. The molecule has 0 saturated carbocycles. The Morgan fingerprint density at radius 3 is 2.30 bits per heavy atom. The number of hydrogen-bond donors (Lipinski definition) is 2. The van der Waals surface area contributed by atoms with Gasteiger partial charge < -0.3 is 33.9 Å². The van der Waals surface area contributed by atoms with E-state index in [-0.39, 0.29) is 13.2 Å². The maximum Gasteiger partial charge on any atom is 0.186 e. The predicted molar refractivity (Wildman–Crippen MR) is 81.1 cm³/mol. The van der Waals surface area contributed by atoms with Gasteiger partial charge in [0, 0.05) is 14.2 Å². The number of rotatable bonds is 7. The highest BCUT2D eigenvalue weighted by Crippen LogP contribution is 2.25. The fourth-order valence-corrected chi connectivity index (χ4v) is 2.51. The van der Waals surface area contributed by atoms with Crippen molar-refractivity contribution in [3.63, 3.8) is 0 Å². The summed E-state index contributed by atoms with van der Waals surface area (Å²) in [5.74, 6) is 0.750. The molecular formula is C16H24O7. The zero-order valence-corrected chi connectivity index (χ0v) is 13.5. The number of ether oxygens (including phenoxy) is 5. The number of benzene rings is 1. The fourth-order valence-electron chi connectivity index (χ4n) is 2.51. The van der Waals surface area contributed by atoms with Gasteiger partial charge in [0.05, 0.1) is 20.3 Å². The molecule has 1 fully saturated rings. The second kappa shape index (κ2) is 8.58. The third-order valence-corrected chi connectivity index (χ3v) is 3.81. The molecule has 1 heterocycles. The Bertz CT molecular complexity index is 464. The molecule has 1 aromatic carbocycles. The van der Waals surface area contributed by atoms with Crippen LogP contribution in [-0.4, -0.2) is 68.9 Å². The molecule has 0 aliphatic carbocycles. The molecule has 1 aliphatic heterocycles. The summed E-state index contributed by atoms with van der Waals surface area (Å²) in [4.78, 5) is 0. The van der Waals surface area contributed by atoms with Crippen LogP contribution < -0.4 is 4.74 Å². The number of hydrogen-bond acceptors (Lipinski definition) is 7. The minimum atomic E-state index is -1.10. The van der Waals surface area contributed by atoms with E-state index < -0.39 is 30.7 Å². The van der Waals surface area contributed by atoms with E-state index >= 15 is 0 Å². The average molecular weight is 328 g/mol. The standard InChI is InChI=1S/C16H24O7/c1-19-9-12-13(17)15(14(18)16(21-3)23-12)22-8-10-4-6-11(20-2)7-5-10/h4-7,12-18H,8-9H2,1-3H3/t12-,13-,14-,15+,16+/m1/s1. The van der Waals surface area contributed by atoms with Crippen LogP contribution in [0, 0.1) is 0 Å². The first-order valence-corrected chi connectivity index (χ1v) is 7.38. The highest BCUT2D eigenvalue weighted by atomic mass is 16.7. The summed E-state index contributed by atoms with van der Waals surface area (Å²) in [6.45, 7) is 0.412. The number of methoxy groups -OCH3 is 3. The molecule has 23 heavy (non-hydrogen) atoms. The summed E-state index contributed by atoms with van der Waals surface area (Å²) in [7, 11) is 4.53. The van der Waals surface area contributed by atoms with Crippen molar-refractivity contribution in [3.05, 3.63) is 29.8 Å². The normalized spacial score (nSPS) is 31.1. The monoisotopic (exact) mass is 328 g/mol. The van der Waals surface area contributed by atoms with Gasteiger partial charge in [0.2, 0.25) is 0 Å². The molecule has 2 rings (SSSR count). The Hall–Kier alpha value is -1.22. The van der Waals surface area contributed by atoms with E-state index in [1.807, 2.05) is 24.3 Å². The lowest BCUT2D eigenvalue weighted by atomic mass is 9.99. The summed E-state index contributed by atoms with van der Waals surface area (Å²) in [6.07, 6.45) is -4.46. The Labute approximate surface area is 135 Å². The van der Waals surface area contributed by atoms with Crippen molar-refractivity contribution in [3.8, 4) is 5.75 Å². The molecule has 1 saturated heterocycles. The zero-order valence-electron chi connectivity index (χ0n) is 13.5. The highest BCUT2D eigenvalue weighted by molar-refractivity contribution is 5.26. The molecule has 130 valence electrons. The minimum absolute atomic E-state index is 0.177. The first kappa shape index (κ1) is 18.1. The van der Waals surface area contributed by atoms with E-state index in [1.165, 1.54) is 14.2 Å². The van der Waals surface area contributed by atoms with Crippen LogP contribution in [0.3, 0.4) is 0 Å². The average Bonchev–Trinajstić information content (AvgIpc) is 2.58. The van der Waals surface area contributed by atoms with Crippen LogP contribution in [0.15, 0.2) is 24.3 Å².